The summed E-state index contributed by atoms with van der Waals surface area (Å²) in [4.78, 5) is 76.1. The molecule has 20 atom stereocenters. The molecular weight excluding hydrogens is 1880 g/mol. The second kappa shape index (κ2) is 45.7. The summed E-state index contributed by atoms with van der Waals surface area (Å²) < 4.78 is 215. The molecule has 4 saturated heterocycles. The van der Waals surface area contributed by atoms with E-state index in [4.69, 9.17) is 105 Å². The number of nitriles is 4. The molecule has 0 spiro atoms. The van der Waals surface area contributed by atoms with Gasteiger partial charge in [-0.05, 0) is 60.3 Å². The first-order valence-corrected chi connectivity index (χ1v) is 47.0. The summed E-state index contributed by atoms with van der Waals surface area (Å²) in [7, 11) is -12.3. The summed E-state index contributed by atoms with van der Waals surface area (Å²) in [6.45, 7) is -3.49. The summed E-state index contributed by atoms with van der Waals surface area (Å²) in [6, 6.07) is 32.5. The van der Waals surface area contributed by atoms with Crippen LogP contribution in [0.25, 0.3) is 44.4 Å². The van der Waals surface area contributed by atoms with Gasteiger partial charge in [-0.3, -0.25) is 64.0 Å². The molecule has 4 aromatic carbocycles. The van der Waals surface area contributed by atoms with Gasteiger partial charge in [-0.15, -0.1) is 23.4 Å². The smallest absolute Gasteiger partial charge is 0.465 e. The highest BCUT2D eigenvalue weighted by Crippen LogP contribution is 2.60. The number of methoxy groups -OCH3 is 2. The van der Waals surface area contributed by atoms with Crippen molar-refractivity contribution in [2.45, 2.75) is 124 Å². The lowest BCUT2D eigenvalue weighted by Gasteiger charge is -2.29. The molecule has 134 heavy (non-hydrogen) atoms. The van der Waals surface area contributed by atoms with Crippen LogP contribution in [0.2, 0.25) is 0 Å². The first-order chi connectivity index (χ1) is 64.7. The number of rotatable bonds is 44. The Labute approximate surface area is 760 Å². The number of carbonyl (C=O) groups excluding carboxylic acids is 4. The van der Waals surface area contributed by atoms with Gasteiger partial charge >= 0.3 is 42.1 Å². The first kappa shape index (κ1) is 99.9. The maximum absolute atomic E-state index is 17.1. The number of anilines is 2. The van der Waals surface area contributed by atoms with Crippen LogP contribution in [0.3, 0.4) is 0 Å². The van der Waals surface area contributed by atoms with Crippen LogP contribution in [0.5, 0.6) is 0 Å². The van der Waals surface area contributed by atoms with Crippen molar-refractivity contribution >= 4 is 122 Å². The summed E-state index contributed by atoms with van der Waals surface area (Å²) in [5.74, 6) is -2.61. The Morgan fingerprint density at radius 2 is 0.836 bits per heavy atom. The van der Waals surface area contributed by atoms with Gasteiger partial charge in [0.15, 0.2) is 83.6 Å². The van der Waals surface area contributed by atoms with Crippen molar-refractivity contribution in [1.29, 1.82) is 21.0 Å². The third-order valence-corrected chi connectivity index (χ3v) is 26.6. The lowest BCUT2D eigenvalue weighted by molar-refractivity contribution is -0.0606. The molecule has 14 rings (SSSR count). The Kier molecular flexibility index (Phi) is 34.0. The second-order valence-electron chi connectivity index (χ2n) is 28.3. The number of ether oxygens (including phenoxy) is 6. The fourth-order valence-corrected chi connectivity index (χ4v) is 19.9. The van der Waals surface area contributed by atoms with E-state index in [1.807, 2.05) is 12.1 Å². The number of alkyl halides is 4. The van der Waals surface area contributed by atoms with Crippen molar-refractivity contribution < 1.29 is 143 Å². The normalized spacial score (nSPS) is 24.4. The summed E-state index contributed by atoms with van der Waals surface area (Å²) >= 11 is 5.72. The molecule has 6 aromatic heterocycles. The van der Waals surface area contributed by atoms with Crippen molar-refractivity contribution in [1.82, 2.24) is 69.0 Å². The van der Waals surface area contributed by atoms with Gasteiger partial charge in [-0.1, -0.05) is 71.1 Å². The highest BCUT2D eigenvalue weighted by atomic mass is 32.5. The van der Waals surface area contributed by atoms with Crippen LogP contribution in [-0.2, 0) is 108 Å². The van der Waals surface area contributed by atoms with Gasteiger partial charge < -0.3 is 58.3 Å². The van der Waals surface area contributed by atoms with Crippen LogP contribution in [-0.4, -0.2) is 257 Å². The number of aliphatic hydroxyl groups is 2. The SMILES string of the molecule is C=CCOP(=O)(OCCC#N)O[C@H]1[C@@H](F)[C@H](n2cnc3c(NC(=O)c4ccccc4)ncnc32)O[C@@H]1COP(=O)(OCCC#N)O[C@H]1[C@@H](F)[C@H](n2nnc3c(C(=O)OC)cccc32)O[C@@H]1CO.C=CCOP(=O)(OCCC#N)O[C@H]1[C@@H](F)[C@H](n2cnc3c(NC(=O)c4ccccc4)ncnc32)O[C@@H]1COP(=S)(OCCC#N)O[C@H]1[C@@H](F)[C@H](n2nnc3c(C(=O)OC)cccc32)O[C@@H]1CO. The van der Waals surface area contributed by atoms with Crippen molar-refractivity contribution in [3.63, 3.8) is 0 Å². The minimum Gasteiger partial charge on any atom is -0.465 e. The lowest BCUT2D eigenvalue weighted by atomic mass is 10.1. The number of imidazole rings is 2. The molecule has 10 heterocycles. The Hall–Kier alpha value is -11.6. The van der Waals surface area contributed by atoms with Crippen LogP contribution in [0.15, 0.2) is 148 Å². The van der Waals surface area contributed by atoms with Crippen molar-refractivity contribution in [2.24, 2.45) is 0 Å². The summed E-state index contributed by atoms with van der Waals surface area (Å²) in [5.41, 5.74) is 1.02. The molecule has 47 nitrogen and oxygen atoms in total. The number of nitrogens with one attached hydrogen (secondary N) is 2. The molecule has 4 N–H and O–H groups in total. The highest BCUT2D eigenvalue weighted by Gasteiger charge is 2.57. The number of esters is 2. The van der Waals surface area contributed by atoms with Gasteiger partial charge in [-0.2, -0.15) is 21.0 Å². The van der Waals surface area contributed by atoms with Gasteiger partial charge in [-0.25, -0.2) is 80.1 Å². The van der Waals surface area contributed by atoms with E-state index in [2.05, 4.69) is 74.3 Å². The van der Waals surface area contributed by atoms with Crippen LogP contribution >= 0.6 is 30.2 Å². The average molecular weight is 1960 g/mol. The molecule has 56 heteroatoms. The number of carbonyl (C=O) groups is 4. The molecule has 4 fully saturated rings. The fraction of sp³-hybridized carbons (Fsp3) is 0.410. The van der Waals surface area contributed by atoms with Crippen molar-refractivity contribution in [3.8, 4) is 24.3 Å². The first-order valence-electron chi connectivity index (χ1n) is 40.1. The standard InChI is InChI=1S/C39H40F2N10O14P2.C39H40F2N10O13P2S/c1-3-16-58-66(55,59-17-8-14-42)65-33-27(63-37(28(33)40)50-22-46-31-34(44-21-45-35(31)50)47-36(53)23-10-5-4-6-11-23)20-61-67(56,60-18-9-15-43)64-32-26(19-52)62-38(29(32)41)51-25-13-7-12-24(39(54)57-2)30(25)48-49-51;1-3-16-57-65(55,58-17-8-14-42)63-33-27(62-37(28(33)40)50-22-46-31-34(44-21-45-35(31)50)47-36(53)23-10-5-4-6-11-23)20-60-66(67,59-18-9-15-43)64-32-26(19-52)61-38(29(32)41)51-25-13-7-12-24(39(54)56-2)30(25)48-49-51/h2*3-7,10-13,21-22,26-29,32-33,37-38,52H,1,8-9,16-20H2,2H3,(H,44,45,47,53)/t26-,27-,28-,29-,32-,33-,37-,38-,66?,67?;26-,27-,28-,29-,32-,33-,37-,38-,65?,66?/m11/s1. The molecule has 0 aliphatic carbocycles. The van der Waals surface area contributed by atoms with E-state index < -0.39 is 218 Å². The number of nitrogens with zero attached hydrogens (tertiary/aromatic N) is 18. The molecule has 4 aliphatic rings. The zero-order valence-corrected chi connectivity index (χ0v) is 74.5. The number of phosphoric ester groups is 3. The molecule has 4 unspecified atom stereocenters. The van der Waals surface area contributed by atoms with E-state index >= 15 is 17.6 Å². The van der Waals surface area contributed by atoms with Crippen molar-refractivity contribution in [2.75, 3.05) is 90.9 Å². The Bertz CT molecular complexity index is 5890. The molecule has 4 aliphatic heterocycles. The molecular formula is C78H80F4N20O27P4S. The lowest BCUT2D eigenvalue weighted by Crippen LogP contribution is -2.36. The molecule has 0 radical (unpaired) electrons. The van der Waals surface area contributed by atoms with E-state index in [9.17, 15) is 53.6 Å². The predicted molar refractivity (Wildman–Crippen MR) is 452 cm³/mol. The number of halogens is 4. The zero-order chi connectivity index (χ0) is 95.4. The largest absolute Gasteiger partial charge is 0.475 e. The van der Waals surface area contributed by atoms with E-state index in [0.717, 1.165) is 50.9 Å². The Morgan fingerprint density at radius 3 is 1.22 bits per heavy atom. The fourth-order valence-electron chi connectivity index (χ4n) is 13.8. The minimum absolute atomic E-state index is 0.00228. The monoisotopic (exact) mass is 1960 g/mol. The van der Waals surface area contributed by atoms with Gasteiger partial charge in [0.25, 0.3) is 11.8 Å². The number of benzene rings is 4. The molecule has 0 bridgehead atoms. The third-order valence-electron chi connectivity index (χ3n) is 19.9. The number of phosphoric acid groups is 3. The van der Waals surface area contributed by atoms with Crippen LogP contribution in [0, 0.1) is 45.3 Å². The summed E-state index contributed by atoms with van der Waals surface area (Å²) in [6.07, 6.45) is -23.9. The molecule has 0 saturated carbocycles. The topological polar surface area (TPSA) is 594 Å². The van der Waals surface area contributed by atoms with E-state index in [0.29, 0.717) is 11.1 Å². The minimum atomic E-state index is -5.12. The number of amides is 2. The predicted octanol–water partition coefficient (Wildman–Crippen LogP) is 9.80. The number of hydrogen-bond acceptors (Lipinski definition) is 42. The maximum Gasteiger partial charge on any atom is 0.475 e. The van der Waals surface area contributed by atoms with Crippen LogP contribution in [0.1, 0.15) is 92.0 Å². The summed E-state index contributed by atoms with van der Waals surface area (Å²) in [5, 5.41) is 78.6. The van der Waals surface area contributed by atoms with Crippen molar-refractivity contribution in [3.05, 3.63) is 170 Å². The number of aromatic nitrogens is 14. The zero-order valence-electron chi connectivity index (χ0n) is 70.1. The van der Waals surface area contributed by atoms with E-state index in [-0.39, 0.29) is 92.8 Å². The number of fused-ring (bicyclic) bond motifs is 4. The Balaban J connectivity index is 0.000000227. The third kappa shape index (κ3) is 22.8. The quantitative estimate of drug-likeness (QED) is 0.00906. The number of hydrogen-bond donors (Lipinski definition) is 4. The molecule has 2 amide bonds. The maximum atomic E-state index is 17.1. The van der Waals surface area contributed by atoms with E-state index in [1.165, 1.54) is 55.7 Å². The Morgan fingerprint density at radius 1 is 0.470 bits per heavy atom. The van der Waals surface area contributed by atoms with Gasteiger partial charge in [0.05, 0.1) is 165 Å². The average Bonchev–Trinajstić information content (AvgIpc) is 1.62. The van der Waals surface area contributed by atoms with Gasteiger partial charge in [0.1, 0.15) is 72.5 Å². The van der Waals surface area contributed by atoms with Gasteiger partial charge in [0, 0.05) is 11.1 Å². The van der Waals surface area contributed by atoms with Crippen LogP contribution in [0.4, 0.5) is 29.2 Å². The number of aliphatic hydroxyl groups excluding tert-OH is 2. The second-order valence-corrected chi connectivity index (χ2v) is 36.2. The van der Waals surface area contributed by atoms with Gasteiger partial charge in [0.2, 0.25) is 0 Å². The molecule has 708 valence electrons. The highest BCUT2D eigenvalue weighted by molar-refractivity contribution is 8.07. The van der Waals surface area contributed by atoms with Crippen LogP contribution < -0.4 is 10.6 Å². The molecule has 10 aromatic rings. The van der Waals surface area contributed by atoms with E-state index in [1.54, 1.807) is 72.8 Å².